The highest BCUT2D eigenvalue weighted by Crippen LogP contribution is 2.32. The average Bonchev–Trinajstić information content (AvgIpc) is 3.12. The molecular formula is C19H28N4S. The smallest absolute Gasteiger partial charge is 0.150 e. The van der Waals surface area contributed by atoms with Crippen LogP contribution < -0.4 is 10.6 Å². The molecule has 2 N–H and O–H groups in total. The molecule has 2 aliphatic rings. The molecule has 4 nitrogen and oxygen atoms in total. The SMILES string of the molecule is [2H]C([2H])([C@@H]1CCCC[C@H]1CN)N1CCN(c2nsc3ccccc23)CC1. The van der Waals surface area contributed by atoms with Gasteiger partial charge in [0.15, 0.2) is 0 Å². The lowest BCUT2D eigenvalue weighted by Crippen LogP contribution is -2.49. The predicted octanol–water partition coefficient (Wildman–Crippen LogP) is 3.18. The van der Waals surface area contributed by atoms with Crippen molar-refractivity contribution in [3.8, 4) is 0 Å². The van der Waals surface area contributed by atoms with Gasteiger partial charge in [-0.3, -0.25) is 4.90 Å². The van der Waals surface area contributed by atoms with E-state index in [9.17, 15) is 0 Å². The Morgan fingerprint density at radius 3 is 2.67 bits per heavy atom. The Morgan fingerprint density at radius 1 is 1.12 bits per heavy atom. The van der Waals surface area contributed by atoms with E-state index < -0.39 is 6.50 Å². The van der Waals surface area contributed by atoms with E-state index in [4.69, 9.17) is 8.48 Å². The van der Waals surface area contributed by atoms with Crippen LogP contribution in [0.4, 0.5) is 5.82 Å². The third-order valence-corrected chi connectivity index (χ3v) is 6.31. The van der Waals surface area contributed by atoms with Crippen LogP contribution in [0.15, 0.2) is 24.3 Å². The van der Waals surface area contributed by atoms with Crippen LogP contribution in [0.5, 0.6) is 0 Å². The summed E-state index contributed by atoms with van der Waals surface area (Å²) in [5, 5.41) is 1.21. The molecule has 0 radical (unpaired) electrons. The van der Waals surface area contributed by atoms with E-state index in [1.807, 2.05) is 0 Å². The molecule has 0 amide bonds. The van der Waals surface area contributed by atoms with Crippen LogP contribution in [0.3, 0.4) is 0 Å². The van der Waals surface area contributed by atoms with Crippen molar-refractivity contribution in [1.29, 1.82) is 0 Å². The summed E-state index contributed by atoms with van der Waals surface area (Å²) < 4.78 is 23.5. The number of piperazine rings is 1. The maximum Gasteiger partial charge on any atom is 0.150 e. The Morgan fingerprint density at radius 2 is 1.88 bits per heavy atom. The minimum absolute atomic E-state index is 0.0629. The first-order valence-corrected chi connectivity index (χ1v) is 9.93. The molecule has 1 aromatic carbocycles. The summed E-state index contributed by atoms with van der Waals surface area (Å²) in [4.78, 5) is 4.36. The number of hydrogen-bond donors (Lipinski definition) is 1. The first kappa shape index (κ1) is 14.0. The summed E-state index contributed by atoms with van der Waals surface area (Å²) in [5.74, 6) is 1.44. The van der Waals surface area contributed by atoms with E-state index in [1.54, 1.807) is 11.5 Å². The van der Waals surface area contributed by atoms with Gasteiger partial charge in [-0.15, -0.1) is 0 Å². The van der Waals surface area contributed by atoms with Gasteiger partial charge in [0.2, 0.25) is 0 Å². The van der Waals surface area contributed by atoms with E-state index in [2.05, 4.69) is 38.4 Å². The summed E-state index contributed by atoms with van der Waals surface area (Å²) in [6.07, 6.45) is 4.36. The quantitative estimate of drug-likeness (QED) is 0.923. The van der Waals surface area contributed by atoms with Crippen molar-refractivity contribution in [3.63, 3.8) is 0 Å². The molecule has 2 aromatic rings. The van der Waals surface area contributed by atoms with Crippen molar-refractivity contribution in [2.75, 3.05) is 44.1 Å². The van der Waals surface area contributed by atoms with Gasteiger partial charge in [-0.2, -0.15) is 4.37 Å². The highest BCUT2D eigenvalue weighted by molar-refractivity contribution is 7.13. The number of anilines is 1. The number of rotatable bonds is 4. The fraction of sp³-hybridized carbons (Fsp3) is 0.632. The van der Waals surface area contributed by atoms with E-state index in [0.29, 0.717) is 12.5 Å². The molecule has 1 saturated heterocycles. The van der Waals surface area contributed by atoms with Crippen molar-refractivity contribution in [2.24, 2.45) is 17.6 Å². The number of hydrogen-bond acceptors (Lipinski definition) is 5. The zero-order valence-electron chi connectivity index (χ0n) is 16.2. The number of nitrogens with two attached hydrogens (primary N) is 1. The lowest BCUT2D eigenvalue weighted by Gasteiger charge is -2.39. The van der Waals surface area contributed by atoms with Gasteiger partial charge in [0, 0.05) is 40.8 Å². The normalized spacial score (nSPS) is 28.0. The van der Waals surface area contributed by atoms with E-state index in [0.717, 1.165) is 51.3 Å². The zero-order valence-corrected chi connectivity index (χ0v) is 15.0. The van der Waals surface area contributed by atoms with Crippen LogP contribution in [0.1, 0.15) is 28.4 Å². The minimum atomic E-state index is -1.26. The van der Waals surface area contributed by atoms with Crippen LogP contribution in [0.25, 0.3) is 10.1 Å². The minimum Gasteiger partial charge on any atom is -0.353 e. The third kappa shape index (κ3) is 3.30. The number of nitrogens with zero attached hydrogens (tertiary/aromatic N) is 3. The summed E-state index contributed by atoms with van der Waals surface area (Å²) in [6, 6.07) is 8.36. The standard InChI is InChI=1S/C19H28N4S/c20-13-15-5-1-2-6-16(15)14-22-9-11-23(12-10-22)19-17-7-3-4-8-18(17)24-21-19/h3-4,7-8,15-16H,1-2,5-6,9-14,20H2/t15-,16-/m0/s1/i14D2. The Bertz CT molecular complexity index is 742. The molecule has 1 aromatic heterocycles. The Kier molecular flexibility index (Phi) is 4.32. The van der Waals surface area contributed by atoms with Gasteiger partial charge < -0.3 is 10.6 Å². The molecule has 0 spiro atoms. The van der Waals surface area contributed by atoms with Gasteiger partial charge in [0.05, 0.1) is 4.70 Å². The van der Waals surface area contributed by atoms with Crippen molar-refractivity contribution < 1.29 is 2.74 Å². The van der Waals surface area contributed by atoms with E-state index in [-0.39, 0.29) is 5.92 Å². The van der Waals surface area contributed by atoms with Crippen molar-refractivity contribution in [2.45, 2.75) is 25.7 Å². The molecule has 5 heteroatoms. The molecule has 130 valence electrons. The molecule has 1 aliphatic heterocycles. The largest absolute Gasteiger partial charge is 0.353 e. The molecule has 24 heavy (non-hydrogen) atoms. The first-order valence-electron chi connectivity index (χ1n) is 10.2. The van der Waals surface area contributed by atoms with Gasteiger partial charge in [-0.05, 0) is 54.9 Å². The maximum atomic E-state index is 8.83. The van der Waals surface area contributed by atoms with Gasteiger partial charge >= 0.3 is 0 Å². The van der Waals surface area contributed by atoms with Gasteiger partial charge in [-0.25, -0.2) is 0 Å². The highest BCUT2D eigenvalue weighted by atomic mass is 32.1. The predicted molar refractivity (Wildman–Crippen MR) is 103 cm³/mol. The fourth-order valence-corrected chi connectivity index (χ4v) is 4.84. The lowest BCUT2D eigenvalue weighted by molar-refractivity contribution is 0.149. The molecule has 4 rings (SSSR count). The molecule has 0 unspecified atom stereocenters. The van der Waals surface area contributed by atoms with Gasteiger partial charge in [0.1, 0.15) is 5.82 Å². The van der Waals surface area contributed by atoms with Crippen LogP contribution in [0.2, 0.25) is 0 Å². The molecule has 1 saturated carbocycles. The van der Waals surface area contributed by atoms with Gasteiger partial charge in [0.25, 0.3) is 0 Å². The number of aromatic nitrogens is 1. The van der Waals surface area contributed by atoms with Crippen molar-refractivity contribution in [3.05, 3.63) is 24.3 Å². The topological polar surface area (TPSA) is 45.4 Å². The molecule has 0 bridgehead atoms. The van der Waals surface area contributed by atoms with Crippen molar-refractivity contribution >= 4 is 27.4 Å². The molecule has 2 fully saturated rings. The lowest BCUT2D eigenvalue weighted by atomic mass is 9.79. The molecule has 2 heterocycles. The maximum absolute atomic E-state index is 8.83. The molecular weight excluding hydrogens is 316 g/mol. The monoisotopic (exact) mass is 346 g/mol. The summed E-state index contributed by atoms with van der Waals surface area (Å²) in [5.41, 5.74) is 5.96. The zero-order chi connectivity index (χ0) is 18.1. The van der Waals surface area contributed by atoms with Crippen LogP contribution >= 0.6 is 11.5 Å². The highest BCUT2D eigenvalue weighted by Gasteiger charge is 2.28. The Hall–Kier alpha value is -1.17. The van der Waals surface area contributed by atoms with Crippen molar-refractivity contribution in [1.82, 2.24) is 9.27 Å². The van der Waals surface area contributed by atoms with Crippen LogP contribution in [-0.4, -0.2) is 48.5 Å². The van der Waals surface area contributed by atoms with Crippen LogP contribution in [0, 0.1) is 11.8 Å². The first-order chi connectivity index (χ1) is 12.6. The number of fused-ring (bicyclic) bond motifs is 1. The van der Waals surface area contributed by atoms with E-state index in [1.165, 1.54) is 16.5 Å². The second kappa shape index (κ2) is 7.38. The second-order valence-corrected chi connectivity index (χ2v) is 7.80. The second-order valence-electron chi connectivity index (χ2n) is 6.99. The van der Waals surface area contributed by atoms with Gasteiger partial charge in [-0.1, -0.05) is 25.0 Å². The Balaban J connectivity index is 1.45. The summed E-state index contributed by atoms with van der Waals surface area (Å²) in [6.45, 7) is 2.48. The summed E-state index contributed by atoms with van der Waals surface area (Å²) in [7, 11) is 0. The van der Waals surface area contributed by atoms with Crippen LogP contribution in [-0.2, 0) is 0 Å². The summed E-state index contributed by atoms with van der Waals surface area (Å²) >= 11 is 1.55. The third-order valence-electron chi connectivity index (χ3n) is 5.50. The fourth-order valence-electron chi connectivity index (χ4n) is 4.04. The molecule has 2 atom stereocenters. The number of benzene rings is 1. The Labute approximate surface area is 151 Å². The average molecular weight is 347 g/mol. The molecule has 1 aliphatic carbocycles. The van der Waals surface area contributed by atoms with E-state index >= 15 is 0 Å².